The Hall–Kier alpha value is -2.08. The van der Waals surface area contributed by atoms with E-state index in [0.717, 1.165) is 30.0 Å². The highest BCUT2D eigenvalue weighted by molar-refractivity contribution is 5.81. The lowest BCUT2D eigenvalue weighted by Gasteiger charge is -2.17. The Morgan fingerprint density at radius 2 is 2.35 bits per heavy atom. The number of aromatic nitrogens is 2. The van der Waals surface area contributed by atoms with Crippen LogP contribution in [0.15, 0.2) is 24.4 Å². The minimum Gasteiger partial charge on any atom is -0.352 e. The number of rotatable bonds is 5. The summed E-state index contributed by atoms with van der Waals surface area (Å²) < 4.78 is 1.96. The van der Waals surface area contributed by atoms with Crippen LogP contribution in [0.2, 0.25) is 0 Å². The Balaban J connectivity index is 1.82. The van der Waals surface area contributed by atoms with Crippen LogP contribution in [0, 0.1) is 0 Å². The third-order valence-corrected chi connectivity index (χ3v) is 3.49. The molecule has 106 valence electrons. The number of carbonyl (C=O) groups is 1. The predicted octanol–water partition coefficient (Wildman–Crippen LogP) is 0.508. The van der Waals surface area contributed by atoms with E-state index < -0.39 is 0 Å². The molecule has 6 nitrogen and oxygen atoms in total. The van der Waals surface area contributed by atoms with E-state index >= 15 is 0 Å². The molecule has 0 saturated heterocycles. The molecule has 2 heterocycles. The summed E-state index contributed by atoms with van der Waals surface area (Å²) in [6.07, 6.45) is 4.13. The average molecular weight is 273 g/mol. The average Bonchev–Trinajstić information content (AvgIpc) is 3.16. The van der Waals surface area contributed by atoms with E-state index in [9.17, 15) is 4.79 Å². The van der Waals surface area contributed by atoms with Gasteiger partial charge in [0, 0.05) is 25.8 Å². The normalized spacial score (nSPS) is 14.5. The second kappa shape index (κ2) is 5.13. The molecule has 3 N–H and O–H groups in total. The molecule has 6 heteroatoms. The van der Waals surface area contributed by atoms with Gasteiger partial charge in [-0.2, -0.15) is 0 Å². The van der Waals surface area contributed by atoms with Gasteiger partial charge >= 0.3 is 0 Å². The van der Waals surface area contributed by atoms with Crippen LogP contribution in [0.5, 0.6) is 0 Å². The number of nitrogens with one attached hydrogen (secondary N) is 1. The number of carbonyl (C=O) groups excluding carboxylic acids is 1. The Morgan fingerprint density at radius 3 is 3.05 bits per heavy atom. The van der Waals surface area contributed by atoms with Crippen molar-refractivity contribution in [1.29, 1.82) is 0 Å². The van der Waals surface area contributed by atoms with E-state index in [2.05, 4.69) is 10.3 Å². The zero-order valence-electron chi connectivity index (χ0n) is 11.5. The minimum atomic E-state index is 0.0371. The third-order valence-electron chi connectivity index (χ3n) is 3.49. The first-order valence-electron chi connectivity index (χ1n) is 6.85. The van der Waals surface area contributed by atoms with Crippen LogP contribution in [-0.2, 0) is 11.3 Å². The van der Waals surface area contributed by atoms with Crippen LogP contribution in [0.3, 0.4) is 0 Å². The Bertz CT molecular complexity index is 632. The van der Waals surface area contributed by atoms with Gasteiger partial charge in [-0.3, -0.25) is 4.79 Å². The highest BCUT2D eigenvalue weighted by atomic mass is 16.2. The van der Waals surface area contributed by atoms with Crippen molar-refractivity contribution in [1.82, 2.24) is 14.7 Å². The lowest BCUT2D eigenvalue weighted by Crippen LogP contribution is -2.36. The summed E-state index contributed by atoms with van der Waals surface area (Å²) >= 11 is 0. The molecule has 0 spiro atoms. The molecule has 0 unspecified atom stereocenters. The smallest absolute Gasteiger partial charge is 0.239 e. The van der Waals surface area contributed by atoms with Crippen LogP contribution < -0.4 is 16.0 Å². The summed E-state index contributed by atoms with van der Waals surface area (Å²) in [7, 11) is 1.87. The van der Waals surface area contributed by atoms with Crippen molar-refractivity contribution in [2.75, 3.05) is 18.5 Å². The van der Waals surface area contributed by atoms with Gasteiger partial charge in [-0.15, -0.1) is 0 Å². The van der Waals surface area contributed by atoms with E-state index in [-0.39, 0.29) is 5.91 Å². The van der Waals surface area contributed by atoms with Crippen LogP contribution in [-0.4, -0.2) is 34.9 Å². The SMILES string of the molecule is CN(CC(=O)NC1CC1)c1nc2ccccn2c1CN. The standard InChI is InChI=1S/C14H19N5O/c1-18(9-13(20)16-10-5-6-10)14-11(8-15)19-7-3-2-4-12(19)17-14/h2-4,7,10H,5-6,8-9,15H2,1H3,(H,16,20). The number of nitrogens with zero attached hydrogens (tertiary/aromatic N) is 3. The number of imidazole rings is 1. The van der Waals surface area contributed by atoms with E-state index in [4.69, 9.17) is 5.73 Å². The van der Waals surface area contributed by atoms with Gasteiger partial charge in [0.05, 0.1) is 12.2 Å². The summed E-state index contributed by atoms with van der Waals surface area (Å²) in [5.74, 6) is 0.805. The monoisotopic (exact) mass is 273 g/mol. The number of hydrogen-bond acceptors (Lipinski definition) is 4. The predicted molar refractivity (Wildman–Crippen MR) is 77.5 cm³/mol. The molecule has 0 aromatic carbocycles. The van der Waals surface area contributed by atoms with Gasteiger partial charge in [0.2, 0.25) is 5.91 Å². The van der Waals surface area contributed by atoms with Gasteiger partial charge in [0.25, 0.3) is 0 Å². The number of likely N-dealkylation sites (N-methyl/N-ethyl adjacent to an activating group) is 1. The minimum absolute atomic E-state index is 0.0371. The maximum Gasteiger partial charge on any atom is 0.239 e. The van der Waals surface area contributed by atoms with Crippen molar-refractivity contribution in [3.8, 4) is 0 Å². The lowest BCUT2D eigenvalue weighted by atomic mass is 10.3. The molecule has 2 aromatic rings. The highest BCUT2D eigenvalue weighted by Crippen LogP contribution is 2.21. The molecule has 0 radical (unpaired) electrons. The topological polar surface area (TPSA) is 75.7 Å². The van der Waals surface area contributed by atoms with Crippen LogP contribution >= 0.6 is 0 Å². The zero-order valence-corrected chi connectivity index (χ0v) is 11.5. The maximum atomic E-state index is 11.9. The zero-order chi connectivity index (χ0) is 14.1. The molecule has 3 rings (SSSR count). The first-order chi connectivity index (χ1) is 9.69. The summed E-state index contributed by atoms with van der Waals surface area (Å²) in [4.78, 5) is 18.3. The fraction of sp³-hybridized carbons (Fsp3) is 0.429. The summed E-state index contributed by atoms with van der Waals surface area (Å²) in [5, 5.41) is 2.98. The van der Waals surface area contributed by atoms with Crippen molar-refractivity contribution >= 4 is 17.4 Å². The van der Waals surface area contributed by atoms with E-state index in [0.29, 0.717) is 19.1 Å². The van der Waals surface area contributed by atoms with Crippen LogP contribution in [0.1, 0.15) is 18.5 Å². The fourth-order valence-corrected chi connectivity index (χ4v) is 2.32. The second-order valence-corrected chi connectivity index (χ2v) is 5.21. The Morgan fingerprint density at radius 1 is 1.55 bits per heavy atom. The Kier molecular flexibility index (Phi) is 3.31. The first kappa shape index (κ1) is 12.9. The number of amides is 1. The fourth-order valence-electron chi connectivity index (χ4n) is 2.32. The van der Waals surface area contributed by atoms with Gasteiger partial charge in [-0.1, -0.05) is 6.07 Å². The lowest BCUT2D eigenvalue weighted by molar-refractivity contribution is -0.119. The van der Waals surface area contributed by atoms with Gasteiger partial charge in [-0.05, 0) is 25.0 Å². The number of anilines is 1. The highest BCUT2D eigenvalue weighted by Gasteiger charge is 2.24. The van der Waals surface area contributed by atoms with Crippen LogP contribution in [0.4, 0.5) is 5.82 Å². The van der Waals surface area contributed by atoms with Crippen molar-refractivity contribution < 1.29 is 4.79 Å². The molecule has 2 aromatic heterocycles. The Labute approximate surface area is 117 Å². The molecule has 1 aliphatic carbocycles. The van der Waals surface area contributed by atoms with Gasteiger partial charge < -0.3 is 20.4 Å². The largest absolute Gasteiger partial charge is 0.352 e. The summed E-state index contributed by atoms with van der Waals surface area (Å²) in [5.41, 5.74) is 7.60. The quantitative estimate of drug-likeness (QED) is 0.832. The van der Waals surface area contributed by atoms with E-state index in [1.54, 1.807) is 0 Å². The molecule has 1 fully saturated rings. The number of fused-ring (bicyclic) bond motifs is 1. The van der Waals surface area contributed by atoms with E-state index in [1.807, 2.05) is 40.7 Å². The number of nitrogens with two attached hydrogens (primary N) is 1. The van der Waals surface area contributed by atoms with Gasteiger partial charge in [0.15, 0.2) is 5.82 Å². The molecule has 1 aliphatic rings. The van der Waals surface area contributed by atoms with E-state index in [1.165, 1.54) is 0 Å². The van der Waals surface area contributed by atoms with Crippen molar-refractivity contribution in [3.05, 3.63) is 30.1 Å². The van der Waals surface area contributed by atoms with Crippen molar-refractivity contribution in [3.63, 3.8) is 0 Å². The molecular formula is C14H19N5O. The third kappa shape index (κ3) is 2.46. The molecule has 1 saturated carbocycles. The van der Waals surface area contributed by atoms with Crippen molar-refractivity contribution in [2.24, 2.45) is 5.73 Å². The summed E-state index contributed by atoms with van der Waals surface area (Å²) in [6.45, 7) is 0.683. The van der Waals surface area contributed by atoms with Crippen molar-refractivity contribution in [2.45, 2.75) is 25.4 Å². The second-order valence-electron chi connectivity index (χ2n) is 5.21. The molecule has 0 bridgehead atoms. The van der Waals surface area contributed by atoms with Gasteiger partial charge in [0.1, 0.15) is 5.65 Å². The number of pyridine rings is 1. The maximum absolute atomic E-state index is 11.9. The molecule has 0 atom stereocenters. The molecule has 20 heavy (non-hydrogen) atoms. The summed E-state index contributed by atoms with van der Waals surface area (Å²) in [6, 6.07) is 6.19. The van der Waals surface area contributed by atoms with Gasteiger partial charge in [-0.25, -0.2) is 4.98 Å². The first-order valence-corrected chi connectivity index (χ1v) is 6.85. The number of hydrogen-bond donors (Lipinski definition) is 2. The van der Waals surface area contributed by atoms with Crippen LogP contribution in [0.25, 0.3) is 5.65 Å². The molecular weight excluding hydrogens is 254 g/mol. The molecule has 0 aliphatic heterocycles. The molecule has 1 amide bonds.